The molecule has 0 unspecified atom stereocenters. The van der Waals surface area contributed by atoms with Crippen LogP contribution in [0.4, 0.5) is 0 Å². The first kappa shape index (κ1) is 10.3. The molecule has 1 aromatic carbocycles. The van der Waals surface area contributed by atoms with Crippen LogP contribution in [0.2, 0.25) is 0 Å². The summed E-state index contributed by atoms with van der Waals surface area (Å²) < 4.78 is 0. The van der Waals surface area contributed by atoms with Crippen molar-refractivity contribution in [2.24, 2.45) is 5.73 Å². The van der Waals surface area contributed by atoms with Crippen molar-refractivity contribution in [1.82, 2.24) is 0 Å². The number of aromatic hydroxyl groups is 1. The maximum Gasteiger partial charge on any atom is 0.118 e. The molecule has 0 aliphatic rings. The highest BCUT2D eigenvalue weighted by atomic mass is 35.5. The summed E-state index contributed by atoms with van der Waals surface area (Å²) in [5.74, 6) is 0.341. The summed E-state index contributed by atoms with van der Waals surface area (Å²) in [7, 11) is 0. The van der Waals surface area contributed by atoms with Gasteiger partial charge in [0, 0.05) is 0 Å². The Bertz CT molecular complexity index is 215. The van der Waals surface area contributed by atoms with E-state index in [0.717, 1.165) is 12.0 Å². The number of hydrogen-bond donors (Lipinski definition) is 2. The number of benzene rings is 1. The highest BCUT2D eigenvalue weighted by molar-refractivity contribution is 5.85. The van der Waals surface area contributed by atoms with E-state index in [1.165, 1.54) is 0 Å². The third-order valence-corrected chi connectivity index (χ3v) is 1.41. The standard InChI is InChI=1S/C8H11NO.ClH/c9-6-5-7-3-1-2-4-8(7)10;/h1-4,10H,5-6,9H2;1H. The minimum atomic E-state index is 0. The Labute approximate surface area is 72.4 Å². The number of para-hydroxylation sites is 1. The molecule has 3 heteroatoms. The van der Waals surface area contributed by atoms with Crippen LogP contribution in [0.25, 0.3) is 0 Å². The van der Waals surface area contributed by atoms with Gasteiger partial charge in [-0.3, -0.25) is 0 Å². The van der Waals surface area contributed by atoms with Crippen LogP contribution in [-0.4, -0.2) is 11.7 Å². The van der Waals surface area contributed by atoms with Crippen molar-refractivity contribution in [3.63, 3.8) is 0 Å². The molecule has 0 saturated carbocycles. The van der Waals surface area contributed by atoms with Crippen LogP contribution in [-0.2, 0) is 6.42 Å². The van der Waals surface area contributed by atoms with E-state index in [-0.39, 0.29) is 12.4 Å². The molecule has 0 radical (unpaired) electrons. The molecule has 0 heterocycles. The SMILES string of the molecule is Cl.NCCc1ccccc1O. The molecule has 0 bridgehead atoms. The fraction of sp³-hybridized carbons (Fsp3) is 0.250. The molecule has 1 rings (SSSR count). The summed E-state index contributed by atoms with van der Waals surface area (Å²) >= 11 is 0. The predicted molar refractivity (Wildman–Crippen MR) is 48.1 cm³/mol. The zero-order chi connectivity index (χ0) is 7.40. The fourth-order valence-corrected chi connectivity index (χ4v) is 0.878. The molecule has 0 saturated heterocycles. The van der Waals surface area contributed by atoms with E-state index >= 15 is 0 Å². The Balaban J connectivity index is 0.000001000. The van der Waals surface area contributed by atoms with Gasteiger partial charge in [0.1, 0.15) is 5.75 Å². The largest absolute Gasteiger partial charge is 0.508 e. The average molecular weight is 174 g/mol. The van der Waals surface area contributed by atoms with Crippen molar-refractivity contribution in [1.29, 1.82) is 0 Å². The summed E-state index contributed by atoms with van der Waals surface area (Å²) in [5.41, 5.74) is 6.24. The van der Waals surface area contributed by atoms with Gasteiger partial charge < -0.3 is 10.8 Å². The summed E-state index contributed by atoms with van der Waals surface area (Å²) in [5, 5.41) is 9.19. The summed E-state index contributed by atoms with van der Waals surface area (Å²) in [6.07, 6.45) is 0.743. The highest BCUT2D eigenvalue weighted by Gasteiger charge is 1.95. The third-order valence-electron chi connectivity index (χ3n) is 1.41. The molecule has 62 valence electrons. The Morgan fingerprint density at radius 1 is 1.27 bits per heavy atom. The van der Waals surface area contributed by atoms with Gasteiger partial charge in [-0.25, -0.2) is 0 Å². The topological polar surface area (TPSA) is 46.2 Å². The maximum absolute atomic E-state index is 9.19. The second kappa shape index (κ2) is 4.99. The molecule has 1 aromatic rings. The smallest absolute Gasteiger partial charge is 0.118 e. The van der Waals surface area contributed by atoms with E-state index in [0.29, 0.717) is 12.3 Å². The third kappa shape index (κ3) is 2.78. The van der Waals surface area contributed by atoms with E-state index in [9.17, 15) is 5.11 Å². The van der Waals surface area contributed by atoms with Gasteiger partial charge in [0.05, 0.1) is 0 Å². The molecular weight excluding hydrogens is 162 g/mol. The Morgan fingerprint density at radius 2 is 1.91 bits per heavy atom. The summed E-state index contributed by atoms with van der Waals surface area (Å²) in [6, 6.07) is 7.24. The second-order valence-corrected chi connectivity index (χ2v) is 2.17. The first-order valence-electron chi connectivity index (χ1n) is 3.31. The van der Waals surface area contributed by atoms with Crippen molar-refractivity contribution in [2.45, 2.75) is 6.42 Å². The zero-order valence-electron chi connectivity index (χ0n) is 6.16. The number of halogens is 1. The zero-order valence-corrected chi connectivity index (χ0v) is 6.97. The van der Waals surface area contributed by atoms with Crippen LogP contribution < -0.4 is 5.73 Å². The first-order valence-corrected chi connectivity index (χ1v) is 3.31. The van der Waals surface area contributed by atoms with Gasteiger partial charge >= 0.3 is 0 Å². The van der Waals surface area contributed by atoms with Crippen molar-refractivity contribution < 1.29 is 5.11 Å². The van der Waals surface area contributed by atoms with E-state index in [1.54, 1.807) is 12.1 Å². The highest BCUT2D eigenvalue weighted by Crippen LogP contribution is 2.14. The molecule has 0 fully saturated rings. The van der Waals surface area contributed by atoms with Gasteiger partial charge in [-0.2, -0.15) is 0 Å². The predicted octanol–water partition coefficient (Wildman–Crippen LogP) is 1.32. The van der Waals surface area contributed by atoms with Crippen molar-refractivity contribution in [3.05, 3.63) is 29.8 Å². The van der Waals surface area contributed by atoms with Crippen molar-refractivity contribution >= 4 is 12.4 Å². The average Bonchev–Trinajstić information content (AvgIpc) is 1.94. The quantitative estimate of drug-likeness (QED) is 0.709. The molecular formula is C8H12ClNO. The van der Waals surface area contributed by atoms with Gasteiger partial charge in [-0.1, -0.05) is 18.2 Å². The molecule has 0 spiro atoms. The van der Waals surface area contributed by atoms with Crippen LogP contribution in [0.15, 0.2) is 24.3 Å². The number of phenolic OH excluding ortho intramolecular Hbond substituents is 1. The molecule has 11 heavy (non-hydrogen) atoms. The van der Waals surface area contributed by atoms with E-state index in [1.807, 2.05) is 12.1 Å². The minimum absolute atomic E-state index is 0. The monoisotopic (exact) mass is 173 g/mol. The van der Waals surface area contributed by atoms with Crippen LogP contribution in [0.5, 0.6) is 5.75 Å². The molecule has 0 amide bonds. The minimum Gasteiger partial charge on any atom is -0.508 e. The molecule has 3 N–H and O–H groups in total. The van der Waals surface area contributed by atoms with Crippen LogP contribution in [0.3, 0.4) is 0 Å². The maximum atomic E-state index is 9.19. The van der Waals surface area contributed by atoms with Crippen molar-refractivity contribution in [3.8, 4) is 5.75 Å². The number of nitrogens with two attached hydrogens (primary N) is 1. The normalized spacial score (nSPS) is 8.82. The lowest BCUT2D eigenvalue weighted by Crippen LogP contribution is -2.02. The van der Waals surface area contributed by atoms with Crippen LogP contribution in [0, 0.1) is 0 Å². The van der Waals surface area contributed by atoms with E-state index < -0.39 is 0 Å². The lowest BCUT2D eigenvalue weighted by atomic mass is 10.1. The van der Waals surface area contributed by atoms with Gasteiger partial charge in [0.2, 0.25) is 0 Å². The summed E-state index contributed by atoms with van der Waals surface area (Å²) in [4.78, 5) is 0. The Morgan fingerprint density at radius 3 is 2.45 bits per heavy atom. The van der Waals surface area contributed by atoms with E-state index in [2.05, 4.69) is 0 Å². The Hall–Kier alpha value is -0.730. The number of rotatable bonds is 2. The Kier molecular flexibility index (Phi) is 4.66. The lowest BCUT2D eigenvalue weighted by Gasteiger charge is -1.99. The first-order chi connectivity index (χ1) is 4.84. The number of hydrogen-bond acceptors (Lipinski definition) is 2. The van der Waals surface area contributed by atoms with Gasteiger partial charge in [0.15, 0.2) is 0 Å². The molecule has 2 nitrogen and oxygen atoms in total. The summed E-state index contributed by atoms with van der Waals surface area (Å²) in [6.45, 7) is 0.581. The molecule has 0 atom stereocenters. The van der Waals surface area contributed by atoms with Gasteiger partial charge in [-0.15, -0.1) is 12.4 Å². The van der Waals surface area contributed by atoms with Crippen LogP contribution in [0.1, 0.15) is 5.56 Å². The molecule has 0 aliphatic heterocycles. The molecule has 0 aliphatic carbocycles. The van der Waals surface area contributed by atoms with Crippen LogP contribution >= 0.6 is 12.4 Å². The van der Waals surface area contributed by atoms with Gasteiger partial charge in [0.25, 0.3) is 0 Å². The number of phenols is 1. The lowest BCUT2D eigenvalue weighted by molar-refractivity contribution is 0.468. The van der Waals surface area contributed by atoms with Crippen molar-refractivity contribution in [2.75, 3.05) is 6.54 Å². The van der Waals surface area contributed by atoms with Gasteiger partial charge in [-0.05, 0) is 24.6 Å². The van der Waals surface area contributed by atoms with E-state index in [4.69, 9.17) is 5.73 Å². The molecule has 0 aromatic heterocycles. The second-order valence-electron chi connectivity index (χ2n) is 2.17. The fourth-order valence-electron chi connectivity index (χ4n) is 0.878.